The molecule has 2 N–H and O–H groups in total. The SMILES string of the molecule is CCN(CCNC(=O)C1CN(Cc2nc3ccccc3c(=O)[nH]2)CCO1)c1ccccc1C. The average Bonchev–Trinajstić information content (AvgIpc) is 2.82. The highest BCUT2D eigenvalue weighted by Crippen LogP contribution is 2.18. The van der Waals surface area contributed by atoms with Crippen molar-refractivity contribution < 1.29 is 9.53 Å². The number of benzene rings is 2. The maximum absolute atomic E-state index is 12.7. The van der Waals surface area contributed by atoms with E-state index in [2.05, 4.69) is 51.1 Å². The first-order chi connectivity index (χ1) is 16.0. The lowest BCUT2D eigenvalue weighted by molar-refractivity contribution is -0.138. The molecule has 1 aliphatic heterocycles. The number of likely N-dealkylation sites (N-methyl/N-ethyl adjacent to an activating group) is 1. The molecular weight excluding hydrogens is 418 g/mol. The molecule has 33 heavy (non-hydrogen) atoms. The van der Waals surface area contributed by atoms with Gasteiger partial charge in [-0.15, -0.1) is 0 Å². The third kappa shape index (κ3) is 5.58. The van der Waals surface area contributed by atoms with Gasteiger partial charge < -0.3 is 19.9 Å². The molecule has 1 fully saturated rings. The van der Waals surface area contributed by atoms with E-state index in [1.54, 1.807) is 6.07 Å². The predicted octanol–water partition coefficient (Wildman–Crippen LogP) is 2.08. The Morgan fingerprint density at radius 3 is 2.85 bits per heavy atom. The molecule has 1 saturated heterocycles. The fourth-order valence-electron chi connectivity index (χ4n) is 4.22. The molecule has 1 amide bonds. The minimum Gasteiger partial charge on any atom is -0.370 e. The number of anilines is 1. The highest BCUT2D eigenvalue weighted by molar-refractivity contribution is 5.81. The summed E-state index contributed by atoms with van der Waals surface area (Å²) in [6.07, 6.45) is -0.542. The lowest BCUT2D eigenvalue weighted by Gasteiger charge is -2.32. The van der Waals surface area contributed by atoms with Crippen LogP contribution in [0.5, 0.6) is 0 Å². The Morgan fingerprint density at radius 2 is 2.03 bits per heavy atom. The van der Waals surface area contributed by atoms with Crippen molar-refractivity contribution in [3.8, 4) is 0 Å². The van der Waals surface area contributed by atoms with E-state index in [1.807, 2.05) is 30.3 Å². The number of carbonyl (C=O) groups is 1. The van der Waals surface area contributed by atoms with Crippen LogP contribution < -0.4 is 15.8 Å². The zero-order chi connectivity index (χ0) is 23.2. The second-order valence-electron chi connectivity index (χ2n) is 8.28. The van der Waals surface area contributed by atoms with E-state index in [9.17, 15) is 9.59 Å². The molecule has 0 spiro atoms. The normalized spacial score (nSPS) is 16.6. The molecule has 1 aromatic heterocycles. The van der Waals surface area contributed by atoms with Crippen molar-refractivity contribution in [3.63, 3.8) is 0 Å². The van der Waals surface area contributed by atoms with Crippen molar-refractivity contribution in [1.82, 2.24) is 20.2 Å². The Labute approximate surface area is 193 Å². The quantitative estimate of drug-likeness (QED) is 0.547. The number of nitrogens with one attached hydrogen (secondary N) is 2. The number of aryl methyl sites for hydroxylation is 1. The molecule has 2 aromatic carbocycles. The van der Waals surface area contributed by atoms with Crippen LogP contribution in [0, 0.1) is 6.92 Å². The van der Waals surface area contributed by atoms with Gasteiger partial charge in [-0.2, -0.15) is 0 Å². The van der Waals surface area contributed by atoms with Crippen LogP contribution in [-0.4, -0.2) is 66.2 Å². The minimum atomic E-state index is -0.542. The zero-order valence-corrected chi connectivity index (χ0v) is 19.2. The fourth-order valence-corrected chi connectivity index (χ4v) is 4.22. The van der Waals surface area contributed by atoms with E-state index in [0.717, 1.165) is 13.1 Å². The highest BCUT2D eigenvalue weighted by Gasteiger charge is 2.27. The Bertz CT molecular complexity index is 1160. The second-order valence-corrected chi connectivity index (χ2v) is 8.28. The highest BCUT2D eigenvalue weighted by atomic mass is 16.5. The van der Waals surface area contributed by atoms with E-state index in [4.69, 9.17) is 4.74 Å². The molecule has 4 rings (SSSR count). The Hall–Kier alpha value is -3.23. The molecule has 174 valence electrons. The van der Waals surface area contributed by atoms with Crippen LogP contribution in [0.2, 0.25) is 0 Å². The van der Waals surface area contributed by atoms with Crippen LogP contribution >= 0.6 is 0 Å². The number of carbonyl (C=O) groups excluding carboxylic acids is 1. The molecule has 0 aliphatic carbocycles. The van der Waals surface area contributed by atoms with Gasteiger partial charge in [0.15, 0.2) is 0 Å². The van der Waals surface area contributed by atoms with Gasteiger partial charge in [0.2, 0.25) is 0 Å². The van der Waals surface area contributed by atoms with E-state index < -0.39 is 6.10 Å². The van der Waals surface area contributed by atoms with Gasteiger partial charge in [-0.1, -0.05) is 30.3 Å². The van der Waals surface area contributed by atoms with Crippen molar-refractivity contribution in [3.05, 3.63) is 70.3 Å². The number of ether oxygens (including phenoxy) is 1. The standard InChI is InChI=1S/C25H31N5O3/c1-3-30(21-11-7-4-8-18(21)2)13-12-26-25(32)22-16-29(14-15-33-22)17-23-27-20-10-6-5-9-19(20)24(31)28-23/h4-11,22H,3,12-17H2,1-2H3,(H,26,32)(H,27,28,31). The first kappa shape index (κ1) is 22.9. The number of nitrogens with zero attached hydrogens (tertiary/aromatic N) is 3. The second kappa shape index (κ2) is 10.6. The minimum absolute atomic E-state index is 0.111. The summed E-state index contributed by atoms with van der Waals surface area (Å²) in [6.45, 7) is 8.40. The summed E-state index contributed by atoms with van der Waals surface area (Å²) in [5.74, 6) is 0.483. The molecule has 8 heteroatoms. The zero-order valence-electron chi connectivity index (χ0n) is 19.2. The van der Waals surface area contributed by atoms with Crippen molar-refractivity contribution in [2.75, 3.05) is 44.2 Å². The van der Waals surface area contributed by atoms with Crippen LogP contribution in [0.3, 0.4) is 0 Å². The Kier molecular flexibility index (Phi) is 7.36. The van der Waals surface area contributed by atoms with E-state index in [1.165, 1.54) is 11.3 Å². The maximum Gasteiger partial charge on any atom is 0.258 e. The topological polar surface area (TPSA) is 90.6 Å². The number of H-pyrrole nitrogens is 1. The molecule has 1 unspecified atom stereocenters. The summed E-state index contributed by atoms with van der Waals surface area (Å²) in [7, 11) is 0. The molecule has 0 saturated carbocycles. The van der Waals surface area contributed by atoms with Gasteiger partial charge in [-0.25, -0.2) is 4.98 Å². The van der Waals surface area contributed by atoms with Crippen LogP contribution in [0.1, 0.15) is 18.3 Å². The van der Waals surface area contributed by atoms with Gasteiger partial charge >= 0.3 is 0 Å². The molecular formula is C25H31N5O3. The number of amides is 1. The van der Waals surface area contributed by atoms with Crippen LogP contribution in [0.25, 0.3) is 10.9 Å². The number of morpholine rings is 1. The van der Waals surface area contributed by atoms with Crippen molar-refractivity contribution in [2.24, 2.45) is 0 Å². The number of hydrogen-bond acceptors (Lipinski definition) is 6. The third-order valence-electron chi connectivity index (χ3n) is 6.00. The number of rotatable bonds is 8. The van der Waals surface area contributed by atoms with E-state index in [0.29, 0.717) is 49.5 Å². The fraction of sp³-hybridized carbons (Fsp3) is 0.400. The maximum atomic E-state index is 12.7. The molecule has 1 atom stereocenters. The summed E-state index contributed by atoms with van der Waals surface area (Å²) in [5.41, 5.74) is 2.93. The molecule has 3 aromatic rings. The van der Waals surface area contributed by atoms with Gasteiger partial charge in [0.25, 0.3) is 11.5 Å². The first-order valence-electron chi connectivity index (χ1n) is 11.5. The summed E-state index contributed by atoms with van der Waals surface area (Å²) < 4.78 is 5.73. The smallest absolute Gasteiger partial charge is 0.258 e. The number of para-hydroxylation sites is 2. The summed E-state index contributed by atoms with van der Waals surface area (Å²) in [5, 5.41) is 3.59. The van der Waals surface area contributed by atoms with E-state index in [-0.39, 0.29) is 11.5 Å². The van der Waals surface area contributed by atoms with Crippen LogP contribution in [0.15, 0.2) is 53.3 Å². The number of fused-ring (bicyclic) bond motifs is 1. The first-order valence-corrected chi connectivity index (χ1v) is 11.5. The summed E-state index contributed by atoms with van der Waals surface area (Å²) in [6, 6.07) is 15.6. The van der Waals surface area contributed by atoms with Crippen LogP contribution in [-0.2, 0) is 16.1 Å². The molecule has 0 bridgehead atoms. The third-order valence-corrected chi connectivity index (χ3v) is 6.00. The molecule has 8 nitrogen and oxygen atoms in total. The van der Waals surface area contributed by atoms with Crippen LogP contribution in [0.4, 0.5) is 5.69 Å². The van der Waals surface area contributed by atoms with Crippen molar-refractivity contribution in [2.45, 2.75) is 26.5 Å². The Morgan fingerprint density at radius 1 is 1.24 bits per heavy atom. The van der Waals surface area contributed by atoms with Gasteiger partial charge in [-0.05, 0) is 37.6 Å². The molecule has 2 heterocycles. The van der Waals surface area contributed by atoms with Gasteiger partial charge in [0.05, 0.1) is 24.1 Å². The predicted molar refractivity (Wildman–Crippen MR) is 129 cm³/mol. The lowest BCUT2D eigenvalue weighted by Crippen LogP contribution is -2.50. The van der Waals surface area contributed by atoms with Gasteiger partial charge in [0, 0.05) is 38.4 Å². The Balaban J connectivity index is 1.31. The summed E-state index contributed by atoms with van der Waals surface area (Å²) >= 11 is 0. The van der Waals surface area contributed by atoms with Crippen molar-refractivity contribution in [1.29, 1.82) is 0 Å². The number of aromatic amines is 1. The van der Waals surface area contributed by atoms with Gasteiger partial charge in [0.1, 0.15) is 11.9 Å². The lowest BCUT2D eigenvalue weighted by atomic mass is 10.2. The molecule has 1 aliphatic rings. The average molecular weight is 450 g/mol. The van der Waals surface area contributed by atoms with Crippen molar-refractivity contribution >= 4 is 22.5 Å². The van der Waals surface area contributed by atoms with Gasteiger partial charge in [-0.3, -0.25) is 14.5 Å². The number of hydrogen-bond donors (Lipinski definition) is 2. The van der Waals surface area contributed by atoms with E-state index >= 15 is 0 Å². The monoisotopic (exact) mass is 449 g/mol. The summed E-state index contributed by atoms with van der Waals surface area (Å²) in [4.78, 5) is 36.8. The number of aromatic nitrogens is 2. The molecule has 0 radical (unpaired) electrons. The largest absolute Gasteiger partial charge is 0.370 e.